The van der Waals surface area contributed by atoms with Crippen molar-refractivity contribution in [1.29, 1.82) is 0 Å². The van der Waals surface area contributed by atoms with Gasteiger partial charge in [-0.15, -0.1) is 0 Å². The predicted molar refractivity (Wildman–Crippen MR) is 68.6 cm³/mol. The van der Waals surface area contributed by atoms with E-state index in [1.807, 2.05) is 24.3 Å². The fraction of sp³-hybridized carbons (Fsp3) is 0.538. The maximum atomic E-state index is 9.21. The summed E-state index contributed by atoms with van der Waals surface area (Å²) in [5.74, 6) is 0.592. The maximum Gasteiger partial charge on any atom is 0.0584 e. The Labute approximate surface area is 103 Å². The first-order valence-corrected chi connectivity index (χ1v) is 6.08. The topological polar surface area (TPSA) is 32.3 Å². The smallest absolute Gasteiger partial charge is 0.0584 e. The van der Waals surface area contributed by atoms with E-state index in [0.29, 0.717) is 5.92 Å². The number of aliphatic hydroxyl groups is 1. The lowest BCUT2D eigenvalue weighted by atomic mass is 10.0. The number of benzene rings is 1. The van der Waals surface area contributed by atoms with Gasteiger partial charge in [-0.1, -0.05) is 37.6 Å². The molecule has 1 rings (SSSR count). The summed E-state index contributed by atoms with van der Waals surface area (Å²) < 4.78 is 0. The number of nitrogens with one attached hydrogen (secondary N) is 1. The number of halogens is 1. The van der Waals surface area contributed by atoms with Crippen LogP contribution >= 0.6 is 11.6 Å². The molecule has 1 aromatic carbocycles. The van der Waals surface area contributed by atoms with Crippen LogP contribution in [0.3, 0.4) is 0 Å². The van der Waals surface area contributed by atoms with Gasteiger partial charge < -0.3 is 10.4 Å². The van der Waals surface area contributed by atoms with E-state index in [-0.39, 0.29) is 12.6 Å². The fourth-order valence-corrected chi connectivity index (χ4v) is 1.78. The van der Waals surface area contributed by atoms with E-state index in [0.717, 1.165) is 18.0 Å². The molecular weight excluding hydrogens is 222 g/mol. The molecular formula is C13H20ClNO. The quantitative estimate of drug-likeness (QED) is 0.803. The van der Waals surface area contributed by atoms with Crippen LogP contribution in [0.25, 0.3) is 0 Å². The van der Waals surface area contributed by atoms with Gasteiger partial charge in [0.1, 0.15) is 0 Å². The van der Waals surface area contributed by atoms with E-state index in [2.05, 4.69) is 19.2 Å². The molecule has 0 aliphatic carbocycles. The highest BCUT2D eigenvalue weighted by Crippen LogP contribution is 2.10. The molecule has 1 aromatic rings. The van der Waals surface area contributed by atoms with Crippen LogP contribution in [0.1, 0.15) is 25.8 Å². The third-order valence-electron chi connectivity index (χ3n) is 2.48. The van der Waals surface area contributed by atoms with Gasteiger partial charge in [0.05, 0.1) is 6.61 Å². The van der Waals surface area contributed by atoms with Crippen molar-refractivity contribution in [2.75, 3.05) is 6.61 Å². The molecule has 90 valence electrons. The summed E-state index contributed by atoms with van der Waals surface area (Å²) in [6.07, 6.45) is 0.990. The Kier molecular flexibility index (Phi) is 5.81. The Morgan fingerprint density at radius 1 is 1.25 bits per heavy atom. The highest BCUT2D eigenvalue weighted by atomic mass is 35.5. The van der Waals surface area contributed by atoms with E-state index >= 15 is 0 Å². The Morgan fingerprint density at radius 3 is 2.38 bits per heavy atom. The van der Waals surface area contributed by atoms with Crippen LogP contribution in [0.4, 0.5) is 0 Å². The van der Waals surface area contributed by atoms with Crippen LogP contribution in [-0.2, 0) is 6.54 Å². The second-order valence-corrected chi connectivity index (χ2v) is 4.95. The zero-order valence-electron chi connectivity index (χ0n) is 9.91. The van der Waals surface area contributed by atoms with Crippen molar-refractivity contribution in [3.8, 4) is 0 Å². The standard InChI is InChI=1S/C13H20ClNO/c1-10(2)7-13(9-16)15-8-11-3-5-12(14)6-4-11/h3-6,10,13,15-16H,7-9H2,1-2H3/t13-/m0/s1. The molecule has 0 spiro atoms. The number of hydrogen-bond acceptors (Lipinski definition) is 2. The van der Waals surface area contributed by atoms with Crippen LogP contribution in [0.5, 0.6) is 0 Å². The van der Waals surface area contributed by atoms with Crippen LogP contribution in [-0.4, -0.2) is 17.8 Å². The van der Waals surface area contributed by atoms with Crippen molar-refractivity contribution < 1.29 is 5.11 Å². The molecule has 0 saturated carbocycles. The van der Waals surface area contributed by atoms with Crippen molar-refractivity contribution in [2.24, 2.45) is 5.92 Å². The molecule has 0 aliphatic heterocycles. The lowest BCUT2D eigenvalue weighted by molar-refractivity contribution is 0.223. The average Bonchev–Trinajstić information content (AvgIpc) is 2.26. The number of hydrogen-bond donors (Lipinski definition) is 2. The largest absolute Gasteiger partial charge is 0.395 e. The molecule has 0 radical (unpaired) electrons. The molecule has 0 unspecified atom stereocenters. The van der Waals surface area contributed by atoms with Gasteiger partial charge in [0.25, 0.3) is 0 Å². The lowest BCUT2D eigenvalue weighted by Gasteiger charge is -2.18. The maximum absolute atomic E-state index is 9.21. The van der Waals surface area contributed by atoms with Crippen molar-refractivity contribution in [1.82, 2.24) is 5.32 Å². The zero-order chi connectivity index (χ0) is 12.0. The molecule has 0 bridgehead atoms. The molecule has 0 fully saturated rings. The summed E-state index contributed by atoms with van der Waals surface area (Å²) in [6.45, 7) is 5.28. The van der Waals surface area contributed by atoms with Gasteiger partial charge in [-0.25, -0.2) is 0 Å². The van der Waals surface area contributed by atoms with Gasteiger partial charge in [-0.05, 0) is 30.0 Å². The first-order valence-electron chi connectivity index (χ1n) is 5.70. The van der Waals surface area contributed by atoms with Gasteiger partial charge in [-0.2, -0.15) is 0 Å². The van der Waals surface area contributed by atoms with E-state index in [1.54, 1.807) is 0 Å². The second kappa shape index (κ2) is 6.89. The average molecular weight is 242 g/mol. The molecule has 0 aromatic heterocycles. The minimum Gasteiger partial charge on any atom is -0.395 e. The monoisotopic (exact) mass is 241 g/mol. The van der Waals surface area contributed by atoms with Crippen LogP contribution in [0.2, 0.25) is 5.02 Å². The summed E-state index contributed by atoms with van der Waals surface area (Å²) in [4.78, 5) is 0. The Morgan fingerprint density at radius 2 is 1.88 bits per heavy atom. The first kappa shape index (κ1) is 13.5. The Hall–Kier alpha value is -0.570. The predicted octanol–water partition coefficient (Wildman–Crippen LogP) is 2.84. The number of rotatable bonds is 6. The van der Waals surface area contributed by atoms with Crippen molar-refractivity contribution in [3.05, 3.63) is 34.9 Å². The molecule has 16 heavy (non-hydrogen) atoms. The van der Waals surface area contributed by atoms with E-state index in [4.69, 9.17) is 11.6 Å². The highest BCUT2D eigenvalue weighted by molar-refractivity contribution is 6.30. The van der Waals surface area contributed by atoms with Gasteiger partial charge >= 0.3 is 0 Å². The first-order chi connectivity index (χ1) is 7.61. The third-order valence-corrected chi connectivity index (χ3v) is 2.74. The summed E-state index contributed by atoms with van der Waals surface area (Å²) in [6, 6.07) is 7.94. The summed E-state index contributed by atoms with van der Waals surface area (Å²) in [5.41, 5.74) is 1.19. The third kappa shape index (κ3) is 4.97. The van der Waals surface area contributed by atoms with Gasteiger partial charge in [0.15, 0.2) is 0 Å². The van der Waals surface area contributed by atoms with Crippen LogP contribution in [0.15, 0.2) is 24.3 Å². The highest BCUT2D eigenvalue weighted by Gasteiger charge is 2.08. The van der Waals surface area contributed by atoms with Crippen LogP contribution in [0, 0.1) is 5.92 Å². The second-order valence-electron chi connectivity index (χ2n) is 4.52. The van der Waals surface area contributed by atoms with E-state index in [9.17, 15) is 5.11 Å². The molecule has 3 heteroatoms. The fourth-order valence-electron chi connectivity index (χ4n) is 1.66. The SMILES string of the molecule is CC(C)C[C@@H](CO)NCc1ccc(Cl)cc1. The molecule has 2 nitrogen and oxygen atoms in total. The van der Waals surface area contributed by atoms with Gasteiger partial charge in [0, 0.05) is 17.6 Å². The van der Waals surface area contributed by atoms with Crippen LogP contribution < -0.4 is 5.32 Å². The number of aliphatic hydroxyl groups excluding tert-OH is 1. The summed E-state index contributed by atoms with van der Waals surface area (Å²) in [7, 11) is 0. The van der Waals surface area contributed by atoms with Gasteiger partial charge in [-0.3, -0.25) is 0 Å². The van der Waals surface area contributed by atoms with E-state index in [1.165, 1.54) is 5.56 Å². The van der Waals surface area contributed by atoms with Crippen molar-refractivity contribution in [3.63, 3.8) is 0 Å². The lowest BCUT2D eigenvalue weighted by Crippen LogP contribution is -2.33. The zero-order valence-corrected chi connectivity index (χ0v) is 10.7. The molecule has 0 aliphatic rings. The minimum atomic E-state index is 0.177. The van der Waals surface area contributed by atoms with Crippen molar-refractivity contribution >= 4 is 11.6 Å². The Balaban J connectivity index is 2.40. The molecule has 0 heterocycles. The normalized spacial score (nSPS) is 13.1. The summed E-state index contributed by atoms with van der Waals surface area (Å²) >= 11 is 5.81. The van der Waals surface area contributed by atoms with Gasteiger partial charge in [0.2, 0.25) is 0 Å². The Bertz CT molecular complexity index is 297. The molecule has 0 saturated heterocycles. The minimum absolute atomic E-state index is 0.177. The summed E-state index contributed by atoms with van der Waals surface area (Å²) in [5, 5.41) is 13.3. The molecule has 2 N–H and O–H groups in total. The molecule has 0 amide bonds. The van der Waals surface area contributed by atoms with Crippen molar-refractivity contribution in [2.45, 2.75) is 32.9 Å². The van der Waals surface area contributed by atoms with E-state index < -0.39 is 0 Å². The molecule has 1 atom stereocenters.